The maximum absolute atomic E-state index is 9.97. The van der Waals surface area contributed by atoms with Gasteiger partial charge in [0.05, 0.1) is 18.8 Å². The SMILES string of the molecule is CC1CCCCC1OCC(O)CNc1ccc(Cl)cc1. The summed E-state index contributed by atoms with van der Waals surface area (Å²) in [6.07, 6.45) is 4.74. The van der Waals surface area contributed by atoms with Crippen molar-refractivity contribution in [1.29, 1.82) is 0 Å². The predicted molar refractivity (Wildman–Crippen MR) is 83.3 cm³/mol. The third-order valence-corrected chi connectivity index (χ3v) is 4.17. The van der Waals surface area contributed by atoms with Crippen molar-refractivity contribution in [2.75, 3.05) is 18.5 Å². The first kappa shape index (κ1) is 15.6. The van der Waals surface area contributed by atoms with Gasteiger partial charge in [-0.2, -0.15) is 0 Å². The fraction of sp³-hybridized carbons (Fsp3) is 0.625. The molecule has 112 valence electrons. The maximum Gasteiger partial charge on any atom is 0.0945 e. The molecule has 1 fully saturated rings. The number of benzene rings is 1. The molecule has 1 aromatic carbocycles. The average molecular weight is 298 g/mol. The molecule has 3 unspecified atom stereocenters. The van der Waals surface area contributed by atoms with Gasteiger partial charge >= 0.3 is 0 Å². The molecule has 1 saturated carbocycles. The van der Waals surface area contributed by atoms with E-state index in [4.69, 9.17) is 16.3 Å². The second kappa shape index (κ2) is 7.87. The van der Waals surface area contributed by atoms with Crippen LogP contribution in [0.3, 0.4) is 0 Å². The minimum absolute atomic E-state index is 0.314. The highest BCUT2D eigenvalue weighted by molar-refractivity contribution is 6.30. The summed E-state index contributed by atoms with van der Waals surface area (Å²) < 4.78 is 5.85. The predicted octanol–water partition coefficient (Wildman–Crippen LogP) is 3.71. The minimum Gasteiger partial charge on any atom is -0.389 e. The third-order valence-electron chi connectivity index (χ3n) is 3.92. The van der Waals surface area contributed by atoms with Gasteiger partial charge in [-0.05, 0) is 43.0 Å². The van der Waals surface area contributed by atoms with E-state index in [1.54, 1.807) is 0 Å². The molecule has 0 spiro atoms. The molecular formula is C16H24ClNO2. The molecule has 0 radical (unpaired) electrons. The van der Waals surface area contributed by atoms with Gasteiger partial charge in [0.2, 0.25) is 0 Å². The summed E-state index contributed by atoms with van der Waals surface area (Å²) in [6, 6.07) is 7.46. The quantitative estimate of drug-likeness (QED) is 0.841. The second-order valence-electron chi connectivity index (χ2n) is 5.68. The number of halogens is 1. The molecule has 2 N–H and O–H groups in total. The number of ether oxygens (including phenoxy) is 1. The van der Waals surface area contributed by atoms with E-state index < -0.39 is 6.10 Å². The fourth-order valence-corrected chi connectivity index (χ4v) is 2.75. The number of anilines is 1. The van der Waals surface area contributed by atoms with Crippen molar-refractivity contribution in [2.24, 2.45) is 5.92 Å². The van der Waals surface area contributed by atoms with Crippen molar-refractivity contribution in [3.63, 3.8) is 0 Å². The molecule has 1 aliphatic carbocycles. The lowest BCUT2D eigenvalue weighted by Crippen LogP contribution is -2.32. The van der Waals surface area contributed by atoms with E-state index >= 15 is 0 Å². The van der Waals surface area contributed by atoms with Gasteiger partial charge in [-0.25, -0.2) is 0 Å². The topological polar surface area (TPSA) is 41.5 Å². The van der Waals surface area contributed by atoms with Gasteiger partial charge in [0.1, 0.15) is 0 Å². The summed E-state index contributed by atoms with van der Waals surface area (Å²) in [5.74, 6) is 0.611. The van der Waals surface area contributed by atoms with E-state index in [0.717, 1.165) is 12.1 Å². The Hall–Kier alpha value is -0.770. The first-order valence-corrected chi connectivity index (χ1v) is 7.82. The lowest BCUT2D eigenvalue weighted by atomic mass is 9.88. The zero-order valence-electron chi connectivity index (χ0n) is 12.0. The number of nitrogens with one attached hydrogen (secondary N) is 1. The summed E-state index contributed by atoms with van der Waals surface area (Å²) in [5.41, 5.74) is 0.958. The van der Waals surface area contributed by atoms with Crippen molar-refractivity contribution in [2.45, 2.75) is 44.8 Å². The molecule has 4 heteroatoms. The largest absolute Gasteiger partial charge is 0.389 e. The van der Waals surface area contributed by atoms with Gasteiger partial charge in [0.15, 0.2) is 0 Å². The highest BCUT2D eigenvalue weighted by Crippen LogP contribution is 2.26. The summed E-state index contributed by atoms with van der Waals surface area (Å²) >= 11 is 5.83. The van der Waals surface area contributed by atoms with Crippen LogP contribution in [0.15, 0.2) is 24.3 Å². The van der Waals surface area contributed by atoms with Crippen LogP contribution in [0, 0.1) is 5.92 Å². The molecular weight excluding hydrogens is 274 g/mol. The Morgan fingerprint density at radius 3 is 2.70 bits per heavy atom. The normalized spacial score (nSPS) is 24.4. The standard InChI is InChI=1S/C16H24ClNO2/c1-12-4-2-3-5-16(12)20-11-15(19)10-18-14-8-6-13(17)7-9-14/h6-9,12,15-16,18-19H,2-5,10-11H2,1H3. The lowest BCUT2D eigenvalue weighted by molar-refractivity contribution is -0.0424. The Morgan fingerprint density at radius 2 is 2.00 bits per heavy atom. The molecule has 2 rings (SSSR count). The van der Waals surface area contributed by atoms with Crippen LogP contribution in [0.5, 0.6) is 0 Å². The number of hydrogen-bond donors (Lipinski definition) is 2. The van der Waals surface area contributed by atoms with Crippen LogP contribution >= 0.6 is 11.6 Å². The highest BCUT2D eigenvalue weighted by Gasteiger charge is 2.22. The Morgan fingerprint density at radius 1 is 1.30 bits per heavy atom. The van der Waals surface area contributed by atoms with Crippen LogP contribution < -0.4 is 5.32 Å². The van der Waals surface area contributed by atoms with E-state index in [-0.39, 0.29) is 0 Å². The summed E-state index contributed by atoms with van der Waals surface area (Å²) in [5, 5.41) is 13.9. The first-order valence-electron chi connectivity index (χ1n) is 7.44. The van der Waals surface area contributed by atoms with Crippen LogP contribution in [-0.2, 0) is 4.74 Å². The zero-order valence-corrected chi connectivity index (χ0v) is 12.8. The summed E-state index contributed by atoms with van der Waals surface area (Å²) in [4.78, 5) is 0. The number of rotatable bonds is 6. The Bertz CT molecular complexity index is 396. The van der Waals surface area contributed by atoms with Gasteiger partial charge in [-0.15, -0.1) is 0 Å². The smallest absolute Gasteiger partial charge is 0.0945 e. The van der Waals surface area contributed by atoms with Gasteiger partial charge in [0.25, 0.3) is 0 Å². The van der Waals surface area contributed by atoms with E-state index in [0.29, 0.717) is 30.2 Å². The van der Waals surface area contributed by atoms with E-state index in [1.807, 2.05) is 24.3 Å². The van der Waals surface area contributed by atoms with Gasteiger partial charge < -0.3 is 15.2 Å². The lowest BCUT2D eigenvalue weighted by Gasteiger charge is -2.29. The molecule has 3 nitrogen and oxygen atoms in total. The Labute approximate surface area is 126 Å². The van der Waals surface area contributed by atoms with Gasteiger partial charge in [-0.1, -0.05) is 31.4 Å². The average Bonchev–Trinajstić information content (AvgIpc) is 2.46. The molecule has 1 aromatic rings. The van der Waals surface area contributed by atoms with Crippen molar-refractivity contribution in [3.05, 3.63) is 29.3 Å². The molecule has 0 heterocycles. The highest BCUT2D eigenvalue weighted by atomic mass is 35.5. The van der Waals surface area contributed by atoms with Crippen LogP contribution in [-0.4, -0.2) is 30.5 Å². The second-order valence-corrected chi connectivity index (χ2v) is 6.11. The van der Waals surface area contributed by atoms with Crippen molar-refractivity contribution in [3.8, 4) is 0 Å². The zero-order chi connectivity index (χ0) is 14.4. The van der Waals surface area contributed by atoms with E-state index in [1.165, 1.54) is 19.3 Å². The minimum atomic E-state index is -0.486. The molecule has 0 aromatic heterocycles. The monoisotopic (exact) mass is 297 g/mol. The maximum atomic E-state index is 9.97. The van der Waals surface area contributed by atoms with Crippen LogP contribution in [0.1, 0.15) is 32.6 Å². The van der Waals surface area contributed by atoms with Crippen molar-refractivity contribution >= 4 is 17.3 Å². The summed E-state index contributed by atoms with van der Waals surface area (Å²) in [6.45, 7) is 3.13. The molecule has 1 aliphatic rings. The van der Waals surface area contributed by atoms with Gasteiger partial charge in [-0.3, -0.25) is 0 Å². The van der Waals surface area contributed by atoms with Crippen molar-refractivity contribution < 1.29 is 9.84 Å². The first-order chi connectivity index (χ1) is 9.65. The molecule has 0 aliphatic heterocycles. The van der Waals surface area contributed by atoms with E-state index in [9.17, 15) is 5.11 Å². The number of aliphatic hydroxyl groups excluding tert-OH is 1. The Balaban J connectivity index is 1.67. The van der Waals surface area contributed by atoms with Crippen LogP contribution in [0.4, 0.5) is 5.69 Å². The fourth-order valence-electron chi connectivity index (χ4n) is 2.63. The summed E-state index contributed by atoms with van der Waals surface area (Å²) in [7, 11) is 0. The number of hydrogen-bond acceptors (Lipinski definition) is 3. The van der Waals surface area contributed by atoms with Gasteiger partial charge in [0, 0.05) is 17.3 Å². The molecule has 0 bridgehead atoms. The number of aliphatic hydroxyl groups is 1. The van der Waals surface area contributed by atoms with Crippen LogP contribution in [0.25, 0.3) is 0 Å². The van der Waals surface area contributed by atoms with Crippen LogP contribution in [0.2, 0.25) is 5.02 Å². The third kappa shape index (κ3) is 4.97. The molecule has 0 saturated heterocycles. The molecule has 3 atom stereocenters. The van der Waals surface area contributed by atoms with Crippen molar-refractivity contribution in [1.82, 2.24) is 0 Å². The molecule has 20 heavy (non-hydrogen) atoms. The molecule has 0 amide bonds. The van der Waals surface area contributed by atoms with E-state index in [2.05, 4.69) is 12.2 Å². The Kier molecular flexibility index (Phi) is 6.14.